The van der Waals surface area contributed by atoms with Crippen LogP contribution in [0.2, 0.25) is 5.02 Å². The van der Waals surface area contributed by atoms with E-state index in [1.165, 1.54) is 28.8 Å². The maximum absolute atomic E-state index is 12.9. The fourth-order valence-electron chi connectivity index (χ4n) is 5.31. The minimum atomic E-state index is -0.0544. The van der Waals surface area contributed by atoms with Gasteiger partial charge in [-0.3, -0.25) is 4.90 Å². The molecule has 3 aliphatic heterocycles. The van der Waals surface area contributed by atoms with Crippen LogP contribution < -0.4 is 10.2 Å². The number of carbonyl (C=O) groups excluding carboxylic acids is 1. The summed E-state index contributed by atoms with van der Waals surface area (Å²) in [7, 11) is 0. The molecule has 3 aliphatic rings. The van der Waals surface area contributed by atoms with Crippen molar-refractivity contribution in [3.63, 3.8) is 0 Å². The molecule has 0 bridgehead atoms. The number of allylic oxidation sites excluding steroid dienone is 1. The van der Waals surface area contributed by atoms with Gasteiger partial charge in [0.1, 0.15) is 0 Å². The summed E-state index contributed by atoms with van der Waals surface area (Å²) in [4.78, 5) is 19.7. The van der Waals surface area contributed by atoms with Crippen LogP contribution in [0.3, 0.4) is 0 Å². The van der Waals surface area contributed by atoms with Crippen LogP contribution in [0.15, 0.2) is 42.7 Å². The molecular weight excluding hydrogens is 424 g/mol. The van der Waals surface area contributed by atoms with Gasteiger partial charge >= 0.3 is 6.03 Å². The monoisotopic (exact) mass is 454 g/mol. The molecule has 7 nitrogen and oxygen atoms in total. The first-order valence-electron chi connectivity index (χ1n) is 11.5. The van der Waals surface area contributed by atoms with Crippen LogP contribution in [0.25, 0.3) is 0 Å². The lowest BCUT2D eigenvalue weighted by atomic mass is 10.0. The third-order valence-corrected chi connectivity index (χ3v) is 7.21. The van der Waals surface area contributed by atoms with Crippen molar-refractivity contribution < 1.29 is 4.79 Å². The van der Waals surface area contributed by atoms with E-state index < -0.39 is 0 Å². The van der Waals surface area contributed by atoms with Crippen LogP contribution in [0.4, 0.5) is 16.3 Å². The zero-order valence-corrected chi connectivity index (χ0v) is 19.4. The lowest BCUT2D eigenvalue weighted by Crippen LogP contribution is -2.36. The Morgan fingerprint density at radius 3 is 2.53 bits per heavy atom. The van der Waals surface area contributed by atoms with E-state index in [1.54, 1.807) is 12.3 Å². The number of nitrogens with zero attached hydrogens (tertiary/aromatic N) is 5. The van der Waals surface area contributed by atoms with Gasteiger partial charge in [-0.1, -0.05) is 24.2 Å². The first-order chi connectivity index (χ1) is 15.5. The second-order valence-electron chi connectivity index (χ2n) is 9.42. The molecule has 4 heterocycles. The maximum atomic E-state index is 12.9. The number of likely N-dealkylation sites (tertiary alicyclic amines) is 2. The topological polar surface area (TPSA) is 56.6 Å². The molecular formula is C24H31ClN6O. The van der Waals surface area contributed by atoms with E-state index in [9.17, 15) is 4.79 Å². The number of carbonyl (C=O) groups is 1. The van der Waals surface area contributed by atoms with Crippen molar-refractivity contribution in [2.45, 2.75) is 26.3 Å². The van der Waals surface area contributed by atoms with Crippen molar-refractivity contribution in [2.75, 3.05) is 49.5 Å². The number of amides is 1. The fourth-order valence-corrected chi connectivity index (χ4v) is 5.55. The summed E-state index contributed by atoms with van der Waals surface area (Å²) in [5, 5.41) is 8.24. The number of hydrogen-bond donors (Lipinski definition) is 1. The molecule has 32 heavy (non-hydrogen) atoms. The number of halogens is 1. The molecule has 0 spiro atoms. The van der Waals surface area contributed by atoms with Crippen molar-refractivity contribution >= 4 is 29.1 Å². The summed E-state index contributed by atoms with van der Waals surface area (Å²) >= 11 is 6.65. The SMILES string of the molecule is C=C(C)Nc1ccn(C(=O)N2CC3CN(Cc4ccc(N5CCCC5)cc4Cl)CC3C2)n1. The molecule has 1 aromatic heterocycles. The van der Waals surface area contributed by atoms with Gasteiger partial charge in [-0.05, 0) is 49.3 Å². The molecule has 5 rings (SSSR count). The molecule has 2 unspecified atom stereocenters. The second kappa shape index (κ2) is 8.79. The van der Waals surface area contributed by atoms with Crippen LogP contribution in [-0.2, 0) is 6.54 Å². The first kappa shape index (κ1) is 21.3. The molecule has 0 saturated carbocycles. The molecule has 8 heteroatoms. The molecule has 0 radical (unpaired) electrons. The van der Waals surface area contributed by atoms with Crippen LogP contribution in [0, 0.1) is 11.8 Å². The number of fused-ring (bicyclic) bond motifs is 1. The van der Waals surface area contributed by atoms with E-state index in [1.807, 2.05) is 11.8 Å². The van der Waals surface area contributed by atoms with E-state index in [2.05, 4.69) is 45.0 Å². The van der Waals surface area contributed by atoms with E-state index in [0.717, 1.165) is 56.5 Å². The van der Waals surface area contributed by atoms with Crippen LogP contribution in [0.1, 0.15) is 25.3 Å². The standard InChI is InChI=1S/C24H31ClN6O/c1-17(2)26-23-7-10-31(27-23)24(32)30-15-19-13-28(14-20(19)16-30)12-18-5-6-21(11-22(18)25)29-8-3-4-9-29/h5-7,10-11,19-20H,1,3-4,8-9,12-16H2,2H3,(H,26,27). The van der Waals surface area contributed by atoms with Crippen molar-refractivity contribution in [3.8, 4) is 0 Å². The third kappa shape index (κ3) is 4.36. The molecule has 1 aromatic carbocycles. The van der Waals surface area contributed by atoms with E-state index in [0.29, 0.717) is 17.7 Å². The quantitative estimate of drug-likeness (QED) is 0.736. The van der Waals surface area contributed by atoms with Gasteiger partial charge in [-0.15, -0.1) is 5.10 Å². The lowest BCUT2D eigenvalue weighted by molar-refractivity contribution is 0.197. The normalized spacial score (nSPS) is 23.1. The molecule has 2 aromatic rings. The molecule has 0 aliphatic carbocycles. The van der Waals surface area contributed by atoms with Gasteiger partial charge in [0.05, 0.1) is 0 Å². The van der Waals surface area contributed by atoms with Crippen molar-refractivity contribution in [2.24, 2.45) is 11.8 Å². The Labute approximate surface area is 194 Å². The van der Waals surface area contributed by atoms with Gasteiger partial charge in [0, 0.05) is 74.5 Å². The van der Waals surface area contributed by atoms with Gasteiger partial charge in [-0.25, -0.2) is 4.79 Å². The van der Waals surface area contributed by atoms with Crippen molar-refractivity contribution in [1.29, 1.82) is 0 Å². The predicted octanol–water partition coefficient (Wildman–Crippen LogP) is 4.11. The molecule has 170 valence electrons. The highest BCUT2D eigenvalue weighted by molar-refractivity contribution is 6.31. The van der Waals surface area contributed by atoms with Gasteiger partial charge in [0.25, 0.3) is 0 Å². The molecule has 3 saturated heterocycles. The van der Waals surface area contributed by atoms with Gasteiger partial charge in [0.2, 0.25) is 0 Å². The minimum Gasteiger partial charge on any atom is -0.371 e. The highest BCUT2D eigenvalue weighted by Gasteiger charge is 2.42. The van der Waals surface area contributed by atoms with E-state index in [-0.39, 0.29) is 6.03 Å². The van der Waals surface area contributed by atoms with E-state index >= 15 is 0 Å². The Balaban J connectivity index is 1.16. The lowest BCUT2D eigenvalue weighted by Gasteiger charge is -2.23. The first-order valence-corrected chi connectivity index (χ1v) is 11.9. The smallest absolute Gasteiger partial charge is 0.344 e. The Morgan fingerprint density at radius 1 is 1.16 bits per heavy atom. The average molecular weight is 455 g/mol. The third-order valence-electron chi connectivity index (χ3n) is 6.86. The van der Waals surface area contributed by atoms with E-state index in [4.69, 9.17) is 11.6 Å². The molecule has 1 N–H and O–H groups in total. The van der Waals surface area contributed by atoms with Crippen LogP contribution in [-0.4, -0.2) is 64.9 Å². The Kier molecular flexibility index (Phi) is 5.86. The van der Waals surface area contributed by atoms with Crippen LogP contribution >= 0.6 is 11.6 Å². The highest BCUT2D eigenvalue weighted by Crippen LogP contribution is 2.34. The summed E-state index contributed by atoms with van der Waals surface area (Å²) in [5.41, 5.74) is 3.23. The summed E-state index contributed by atoms with van der Waals surface area (Å²) < 4.78 is 1.42. The summed E-state index contributed by atoms with van der Waals surface area (Å²) in [6, 6.07) is 8.27. The number of anilines is 2. The zero-order valence-electron chi connectivity index (χ0n) is 18.6. The summed E-state index contributed by atoms with van der Waals surface area (Å²) in [6.45, 7) is 12.4. The fraction of sp³-hybridized carbons (Fsp3) is 0.500. The Morgan fingerprint density at radius 2 is 1.88 bits per heavy atom. The highest BCUT2D eigenvalue weighted by atomic mass is 35.5. The predicted molar refractivity (Wildman–Crippen MR) is 128 cm³/mol. The Bertz CT molecular complexity index is 1000. The average Bonchev–Trinajstić information content (AvgIpc) is 3.53. The second-order valence-corrected chi connectivity index (χ2v) is 9.83. The summed E-state index contributed by atoms with van der Waals surface area (Å²) in [6.07, 6.45) is 4.24. The largest absolute Gasteiger partial charge is 0.371 e. The number of hydrogen-bond acceptors (Lipinski definition) is 5. The van der Waals surface area contributed by atoms with Crippen LogP contribution in [0.5, 0.6) is 0 Å². The van der Waals surface area contributed by atoms with Crippen molar-refractivity contribution in [1.82, 2.24) is 19.6 Å². The maximum Gasteiger partial charge on any atom is 0.344 e. The summed E-state index contributed by atoms with van der Waals surface area (Å²) in [5.74, 6) is 1.65. The van der Waals surface area contributed by atoms with Crippen molar-refractivity contribution in [3.05, 3.63) is 53.3 Å². The van der Waals surface area contributed by atoms with Gasteiger partial charge in [0.15, 0.2) is 5.82 Å². The number of nitrogens with one attached hydrogen (secondary N) is 1. The van der Waals surface area contributed by atoms with Gasteiger partial charge < -0.3 is 15.1 Å². The number of benzene rings is 1. The Hall–Kier alpha value is -2.51. The molecule has 1 amide bonds. The van der Waals surface area contributed by atoms with Gasteiger partial charge in [-0.2, -0.15) is 4.68 Å². The zero-order chi connectivity index (χ0) is 22.2. The molecule has 2 atom stereocenters. The number of rotatable bonds is 5. The minimum absolute atomic E-state index is 0.0544. The number of aromatic nitrogens is 2. The molecule has 3 fully saturated rings.